The van der Waals surface area contributed by atoms with E-state index < -0.39 is 5.97 Å². The third-order valence-electron chi connectivity index (χ3n) is 5.87. The fourth-order valence-corrected chi connectivity index (χ4v) is 4.11. The number of likely N-dealkylation sites (N-methyl/N-ethyl adjacent to an activating group) is 1. The first kappa shape index (κ1) is 19.8. The number of rotatable bonds is 9. The van der Waals surface area contributed by atoms with Gasteiger partial charge in [0.15, 0.2) is 0 Å². The molecule has 8 heteroatoms. The topological polar surface area (TPSA) is 109 Å². The number of carbonyl (C=O) groups excluding carboxylic acids is 1. The van der Waals surface area contributed by atoms with Gasteiger partial charge in [0.25, 0.3) is 11.7 Å². The van der Waals surface area contributed by atoms with Crippen molar-refractivity contribution in [2.45, 2.75) is 69.7 Å². The molecule has 1 saturated heterocycles. The van der Waals surface area contributed by atoms with Gasteiger partial charge in [-0.2, -0.15) is 4.98 Å². The van der Waals surface area contributed by atoms with Gasteiger partial charge in [-0.1, -0.05) is 50.1 Å². The lowest BCUT2D eigenvalue weighted by molar-refractivity contribution is -0.137. The van der Waals surface area contributed by atoms with E-state index in [-0.39, 0.29) is 30.0 Å². The summed E-state index contributed by atoms with van der Waals surface area (Å²) in [5.74, 6) is -0.411. The molecule has 1 aliphatic heterocycles. The zero-order valence-electron chi connectivity index (χ0n) is 16.0. The zero-order valence-corrected chi connectivity index (χ0v) is 16.0. The number of nitrogens with zero attached hydrogens (tertiary/aromatic N) is 3. The average Bonchev–Trinajstić information content (AvgIpc) is 3.10. The Hall–Kier alpha value is -1.96. The molecule has 1 aromatic heterocycles. The first-order valence-corrected chi connectivity index (χ1v) is 10.1. The standard InChI is InChI=1S/C19H30N4O4/c1-20-15-11-23(12-15)19(26)17-21-18(27-22-17)14(10-16(24)25)9-5-8-13-6-3-2-4-7-13/h13-15,20H,2-12H2,1H3,(H,24,25)/t14-/m1/s1. The smallest absolute Gasteiger partial charge is 0.304 e. The second-order valence-electron chi connectivity index (χ2n) is 7.88. The highest BCUT2D eigenvalue weighted by atomic mass is 16.5. The monoisotopic (exact) mass is 378 g/mol. The van der Waals surface area contributed by atoms with Crippen molar-refractivity contribution < 1.29 is 19.2 Å². The Morgan fingerprint density at radius 1 is 1.30 bits per heavy atom. The van der Waals surface area contributed by atoms with Crippen molar-refractivity contribution in [3.63, 3.8) is 0 Å². The molecule has 2 aliphatic rings. The van der Waals surface area contributed by atoms with E-state index in [4.69, 9.17) is 4.52 Å². The van der Waals surface area contributed by atoms with Gasteiger partial charge in [-0.15, -0.1) is 0 Å². The number of nitrogens with one attached hydrogen (secondary N) is 1. The van der Waals surface area contributed by atoms with Gasteiger partial charge in [0, 0.05) is 25.0 Å². The molecule has 2 heterocycles. The van der Waals surface area contributed by atoms with Gasteiger partial charge in [0.05, 0.1) is 6.42 Å². The van der Waals surface area contributed by atoms with E-state index in [9.17, 15) is 14.7 Å². The van der Waals surface area contributed by atoms with Crippen LogP contribution >= 0.6 is 0 Å². The minimum atomic E-state index is -0.886. The van der Waals surface area contributed by atoms with Crippen LogP contribution in [0.15, 0.2) is 4.52 Å². The summed E-state index contributed by atoms with van der Waals surface area (Å²) in [6.07, 6.45) is 9.24. The lowest BCUT2D eigenvalue weighted by Gasteiger charge is -2.38. The van der Waals surface area contributed by atoms with Crippen molar-refractivity contribution in [1.29, 1.82) is 0 Å². The summed E-state index contributed by atoms with van der Waals surface area (Å²) in [6.45, 7) is 1.25. The van der Waals surface area contributed by atoms with Crippen LogP contribution in [0.5, 0.6) is 0 Å². The number of aromatic nitrogens is 2. The number of likely N-dealkylation sites (tertiary alicyclic amines) is 1. The van der Waals surface area contributed by atoms with E-state index in [1.807, 2.05) is 7.05 Å². The van der Waals surface area contributed by atoms with Gasteiger partial charge in [-0.25, -0.2) is 0 Å². The Balaban J connectivity index is 1.55. The van der Waals surface area contributed by atoms with Crippen LogP contribution in [0.2, 0.25) is 0 Å². The van der Waals surface area contributed by atoms with Crippen molar-refractivity contribution >= 4 is 11.9 Å². The molecule has 2 N–H and O–H groups in total. The molecule has 0 unspecified atom stereocenters. The van der Waals surface area contributed by atoms with Gasteiger partial charge in [0.2, 0.25) is 5.89 Å². The van der Waals surface area contributed by atoms with Crippen LogP contribution in [0.1, 0.15) is 80.2 Å². The average molecular weight is 378 g/mol. The summed E-state index contributed by atoms with van der Waals surface area (Å²) in [5, 5.41) is 16.1. The SMILES string of the molecule is CNC1CN(C(=O)c2noc([C@H](CCCC3CCCCC3)CC(=O)O)n2)C1. The van der Waals surface area contributed by atoms with Crippen molar-refractivity contribution in [1.82, 2.24) is 20.4 Å². The molecule has 0 spiro atoms. The third kappa shape index (κ3) is 5.28. The highest BCUT2D eigenvalue weighted by molar-refractivity contribution is 5.91. The Labute approximate surface area is 159 Å². The maximum Gasteiger partial charge on any atom is 0.304 e. The molecule has 150 valence electrons. The van der Waals surface area contributed by atoms with Gasteiger partial charge in [-0.05, 0) is 19.4 Å². The first-order valence-electron chi connectivity index (χ1n) is 10.1. The van der Waals surface area contributed by atoms with E-state index in [1.54, 1.807) is 4.90 Å². The molecule has 1 aromatic rings. The molecule has 0 aromatic carbocycles. The van der Waals surface area contributed by atoms with Gasteiger partial charge < -0.3 is 19.8 Å². The number of carboxylic acid groups (broad SMARTS) is 1. The predicted octanol–water partition coefficient (Wildman–Crippen LogP) is 2.42. The van der Waals surface area contributed by atoms with Gasteiger partial charge >= 0.3 is 5.97 Å². The summed E-state index contributed by atoms with van der Waals surface area (Å²) in [6, 6.07) is 0.305. The van der Waals surface area contributed by atoms with Crippen LogP contribution in [0.25, 0.3) is 0 Å². The van der Waals surface area contributed by atoms with Crippen molar-refractivity contribution in [3.05, 3.63) is 11.7 Å². The van der Waals surface area contributed by atoms with E-state index in [0.29, 0.717) is 25.6 Å². The van der Waals surface area contributed by atoms with Crippen molar-refractivity contribution in [2.24, 2.45) is 5.92 Å². The highest BCUT2D eigenvalue weighted by Crippen LogP contribution is 2.31. The van der Waals surface area contributed by atoms with Crippen LogP contribution < -0.4 is 5.32 Å². The van der Waals surface area contributed by atoms with Crippen LogP contribution in [-0.2, 0) is 4.79 Å². The number of amides is 1. The van der Waals surface area contributed by atoms with Gasteiger partial charge in [0.1, 0.15) is 0 Å². The minimum absolute atomic E-state index is 0.0298. The summed E-state index contributed by atoms with van der Waals surface area (Å²) in [7, 11) is 1.86. The molecule has 27 heavy (non-hydrogen) atoms. The number of hydrogen-bond donors (Lipinski definition) is 2. The van der Waals surface area contributed by atoms with E-state index >= 15 is 0 Å². The Kier molecular flexibility index (Phi) is 6.82. The van der Waals surface area contributed by atoms with E-state index in [1.165, 1.54) is 32.1 Å². The molecule has 1 aliphatic carbocycles. The van der Waals surface area contributed by atoms with Crippen LogP contribution in [0.3, 0.4) is 0 Å². The molecule has 1 saturated carbocycles. The predicted molar refractivity (Wildman–Crippen MR) is 98.5 cm³/mol. The fraction of sp³-hybridized carbons (Fsp3) is 0.789. The first-order chi connectivity index (χ1) is 13.1. The Morgan fingerprint density at radius 3 is 2.70 bits per heavy atom. The quantitative estimate of drug-likeness (QED) is 0.679. The molecular formula is C19H30N4O4. The van der Waals surface area contributed by atoms with E-state index in [0.717, 1.165) is 18.8 Å². The highest BCUT2D eigenvalue weighted by Gasteiger charge is 2.33. The van der Waals surface area contributed by atoms with Crippen LogP contribution in [0, 0.1) is 5.92 Å². The summed E-state index contributed by atoms with van der Waals surface area (Å²) in [5.41, 5.74) is 0. The molecule has 0 bridgehead atoms. The second-order valence-corrected chi connectivity index (χ2v) is 7.88. The van der Waals surface area contributed by atoms with Crippen molar-refractivity contribution in [2.75, 3.05) is 20.1 Å². The lowest BCUT2D eigenvalue weighted by atomic mass is 9.84. The number of carboxylic acids is 1. The Morgan fingerprint density at radius 2 is 2.04 bits per heavy atom. The molecule has 8 nitrogen and oxygen atoms in total. The summed E-state index contributed by atoms with van der Waals surface area (Å²) >= 11 is 0. The molecule has 0 radical (unpaired) electrons. The Bertz CT molecular complexity index is 635. The third-order valence-corrected chi connectivity index (χ3v) is 5.87. The largest absolute Gasteiger partial charge is 0.481 e. The zero-order chi connectivity index (χ0) is 19.2. The summed E-state index contributed by atoms with van der Waals surface area (Å²) < 4.78 is 5.28. The number of carbonyl (C=O) groups is 2. The second kappa shape index (κ2) is 9.30. The normalized spacial score (nSPS) is 19.7. The maximum absolute atomic E-state index is 12.4. The molecule has 1 amide bonds. The number of aliphatic carboxylic acids is 1. The molecule has 3 rings (SSSR count). The number of hydrogen-bond acceptors (Lipinski definition) is 6. The van der Waals surface area contributed by atoms with Crippen molar-refractivity contribution in [3.8, 4) is 0 Å². The maximum atomic E-state index is 12.4. The molecule has 1 atom stereocenters. The molecule has 2 fully saturated rings. The minimum Gasteiger partial charge on any atom is -0.481 e. The van der Waals surface area contributed by atoms with Crippen LogP contribution in [0.4, 0.5) is 0 Å². The lowest BCUT2D eigenvalue weighted by Crippen LogP contribution is -2.59. The van der Waals surface area contributed by atoms with E-state index in [2.05, 4.69) is 15.5 Å². The summed E-state index contributed by atoms with van der Waals surface area (Å²) in [4.78, 5) is 29.5. The fourth-order valence-electron chi connectivity index (χ4n) is 4.11. The molecular weight excluding hydrogens is 348 g/mol. The van der Waals surface area contributed by atoms with Gasteiger partial charge in [-0.3, -0.25) is 9.59 Å². The van der Waals surface area contributed by atoms with Crippen LogP contribution in [-0.4, -0.2) is 58.2 Å².